The zero-order valence-corrected chi connectivity index (χ0v) is 23.3. The number of rotatable bonds is 4. The Morgan fingerprint density at radius 3 is 2.17 bits per heavy atom. The Morgan fingerprint density at radius 2 is 1.31 bits per heavy atom. The molecule has 2 aromatic heterocycles. The fraction of sp³-hybridized carbons (Fsp3) is 0.0270. The van der Waals surface area contributed by atoms with Crippen molar-refractivity contribution in [2.75, 3.05) is 10.2 Å². The van der Waals surface area contributed by atoms with Crippen LogP contribution in [0.15, 0.2) is 138 Å². The number of benzene rings is 6. The van der Waals surface area contributed by atoms with E-state index >= 15 is 0 Å². The standard InChI is InChI=1S/C37H24N2O2S/c1-3-11-23(12-4-1)37-38-35-29(22-31-34(36(35)41-37)28-16-7-9-17-30(28)40-31)39(24-13-5-2-6-14-24)25-19-20-27-26-15-8-10-18-32(26)42-33(27)21-25/h1-22,37-38H. The SMILES string of the molecule is c1ccc(C2Nc3c(N(c4ccccc4)c4ccc5c(c4)sc4ccccc45)cc4oc5ccccc5c4c3O2)cc1. The second-order valence-electron chi connectivity index (χ2n) is 10.6. The molecule has 1 N–H and O–H groups in total. The quantitative estimate of drug-likeness (QED) is 0.232. The highest BCUT2D eigenvalue weighted by molar-refractivity contribution is 7.25. The molecular weight excluding hydrogens is 536 g/mol. The van der Waals surface area contributed by atoms with E-state index in [4.69, 9.17) is 9.15 Å². The number of thiophene rings is 1. The van der Waals surface area contributed by atoms with E-state index in [1.807, 2.05) is 47.7 Å². The first-order chi connectivity index (χ1) is 20.8. The molecule has 1 atom stereocenters. The number of nitrogens with zero attached hydrogens (tertiary/aromatic N) is 1. The highest BCUT2D eigenvalue weighted by atomic mass is 32.1. The van der Waals surface area contributed by atoms with E-state index < -0.39 is 0 Å². The summed E-state index contributed by atoms with van der Waals surface area (Å²) in [5.41, 5.74) is 6.76. The van der Waals surface area contributed by atoms with E-state index in [1.54, 1.807) is 0 Å². The van der Waals surface area contributed by atoms with Crippen LogP contribution < -0.4 is 15.0 Å². The Hall–Kier alpha value is -5.26. The number of anilines is 4. The molecule has 6 aromatic carbocycles. The highest BCUT2D eigenvalue weighted by Gasteiger charge is 2.33. The molecule has 0 bridgehead atoms. The van der Waals surface area contributed by atoms with Crippen LogP contribution in [-0.4, -0.2) is 0 Å². The summed E-state index contributed by atoms with van der Waals surface area (Å²) in [5.74, 6) is 0.810. The first-order valence-corrected chi connectivity index (χ1v) is 14.9. The van der Waals surface area contributed by atoms with Gasteiger partial charge in [-0.1, -0.05) is 91.0 Å². The van der Waals surface area contributed by atoms with E-state index in [9.17, 15) is 0 Å². The molecule has 1 aliphatic heterocycles. The molecule has 0 fully saturated rings. The average molecular weight is 561 g/mol. The van der Waals surface area contributed by atoms with Crippen LogP contribution in [0.4, 0.5) is 22.7 Å². The van der Waals surface area contributed by atoms with Crippen LogP contribution in [0.2, 0.25) is 0 Å². The van der Waals surface area contributed by atoms with Crippen molar-refractivity contribution in [1.82, 2.24) is 0 Å². The molecule has 200 valence electrons. The van der Waals surface area contributed by atoms with Crippen molar-refractivity contribution >= 4 is 76.2 Å². The first kappa shape index (κ1) is 23.4. The Balaban J connectivity index is 1.31. The molecular formula is C37H24N2O2S. The van der Waals surface area contributed by atoms with Crippen molar-refractivity contribution in [3.05, 3.63) is 139 Å². The molecule has 1 unspecified atom stereocenters. The number of fused-ring (bicyclic) bond motifs is 8. The maximum atomic E-state index is 6.75. The van der Waals surface area contributed by atoms with Crippen molar-refractivity contribution < 1.29 is 9.15 Å². The van der Waals surface area contributed by atoms with Gasteiger partial charge in [0, 0.05) is 48.6 Å². The number of hydrogen-bond donors (Lipinski definition) is 1. The smallest absolute Gasteiger partial charge is 0.196 e. The van der Waals surface area contributed by atoms with Crippen LogP contribution in [0.25, 0.3) is 42.1 Å². The van der Waals surface area contributed by atoms with Crippen molar-refractivity contribution in [1.29, 1.82) is 0 Å². The fourth-order valence-corrected chi connectivity index (χ4v) is 7.33. The first-order valence-electron chi connectivity index (χ1n) is 14.0. The minimum atomic E-state index is -0.318. The molecule has 8 aromatic rings. The van der Waals surface area contributed by atoms with Gasteiger partial charge < -0.3 is 19.4 Å². The van der Waals surface area contributed by atoms with E-state index in [2.05, 4.69) is 107 Å². The second-order valence-corrected chi connectivity index (χ2v) is 11.7. The molecule has 0 spiro atoms. The van der Waals surface area contributed by atoms with Crippen LogP contribution in [0, 0.1) is 0 Å². The molecule has 0 saturated heterocycles. The number of hydrogen-bond acceptors (Lipinski definition) is 5. The molecule has 0 saturated carbocycles. The zero-order valence-electron chi connectivity index (χ0n) is 22.5. The summed E-state index contributed by atoms with van der Waals surface area (Å²) in [5, 5.41) is 8.34. The summed E-state index contributed by atoms with van der Waals surface area (Å²) < 4.78 is 15.8. The molecule has 0 amide bonds. The number of furan rings is 1. The lowest BCUT2D eigenvalue weighted by Crippen LogP contribution is -2.13. The molecule has 42 heavy (non-hydrogen) atoms. The molecule has 9 rings (SSSR count). The van der Waals surface area contributed by atoms with Gasteiger partial charge in [-0.3, -0.25) is 0 Å². The van der Waals surface area contributed by atoms with Gasteiger partial charge in [-0.15, -0.1) is 11.3 Å². The Kier molecular flexibility index (Phi) is 5.10. The molecule has 0 radical (unpaired) electrons. The van der Waals surface area contributed by atoms with Crippen LogP contribution in [0.3, 0.4) is 0 Å². The van der Waals surface area contributed by atoms with Gasteiger partial charge in [-0.05, 0) is 36.4 Å². The predicted molar refractivity (Wildman–Crippen MR) is 175 cm³/mol. The average Bonchev–Trinajstić information content (AvgIpc) is 3.75. The minimum Gasteiger partial charge on any atom is -0.463 e. The minimum absolute atomic E-state index is 0.318. The van der Waals surface area contributed by atoms with Crippen LogP contribution in [0.1, 0.15) is 11.8 Å². The molecule has 4 nitrogen and oxygen atoms in total. The third-order valence-electron chi connectivity index (χ3n) is 8.09. The third-order valence-corrected chi connectivity index (χ3v) is 9.22. The summed E-state index contributed by atoms with van der Waals surface area (Å²) in [6, 6.07) is 46.5. The Morgan fingerprint density at radius 1 is 0.595 bits per heavy atom. The van der Waals surface area contributed by atoms with Crippen LogP contribution in [-0.2, 0) is 0 Å². The highest BCUT2D eigenvalue weighted by Crippen LogP contribution is 2.54. The van der Waals surface area contributed by atoms with E-state index in [0.717, 1.165) is 56.0 Å². The topological polar surface area (TPSA) is 37.6 Å². The number of para-hydroxylation sites is 2. The summed E-state index contributed by atoms with van der Waals surface area (Å²) in [6.45, 7) is 0. The maximum absolute atomic E-state index is 6.75. The van der Waals surface area contributed by atoms with Gasteiger partial charge >= 0.3 is 0 Å². The van der Waals surface area contributed by atoms with Crippen LogP contribution >= 0.6 is 11.3 Å². The van der Waals surface area contributed by atoms with Gasteiger partial charge in [0.25, 0.3) is 0 Å². The Bertz CT molecular complexity index is 2270. The van der Waals surface area contributed by atoms with Crippen molar-refractivity contribution in [2.45, 2.75) is 6.23 Å². The van der Waals surface area contributed by atoms with E-state index in [1.165, 1.54) is 20.2 Å². The fourth-order valence-electron chi connectivity index (χ4n) is 6.19. The van der Waals surface area contributed by atoms with Crippen molar-refractivity contribution in [3.63, 3.8) is 0 Å². The molecule has 0 aliphatic carbocycles. The van der Waals surface area contributed by atoms with Gasteiger partial charge in [0.1, 0.15) is 16.9 Å². The molecule has 5 heteroatoms. The van der Waals surface area contributed by atoms with E-state index in [0.29, 0.717) is 0 Å². The van der Waals surface area contributed by atoms with Gasteiger partial charge in [0.05, 0.1) is 11.1 Å². The van der Waals surface area contributed by atoms with E-state index in [-0.39, 0.29) is 6.23 Å². The summed E-state index contributed by atoms with van der Waals surface area (Å²) in [7, 11) is 0. The number of ether oxygens (including phenoxy) is 1. The van der Waals surface area contributed by atoms with Gasteiger partial charge in [-0.2, -0.15) is 0 Å². The van der Waals surface area contributed by atoms with Gasteiger partial charge in [0.15, 0.2) is 12.0 Å². The number of nitrogens with one attached hydrogen (secondary N) is 1. The normalized spacial score (nSPS) is 14.3. The lowest BCUT2D eigenvalue weighted by atomic mass is 10.1. The summed E-state index contributed by atoms with van der Waals surface area (Å²) in [4.78, 5) is 2.30. The molecule has 3 heterocycles. The molecule has 1 aliphatic rings. The summed E-state index contributed by atoms with van der Waals surface area (Å²) in [6.07, 6.45) is -0.318. The largest absolute Gasteiger partial charge is 0.463 e. The van der Waals surface area contributed by atoms with Crippen molar-refractivity contribution in [3.8, 4) is 5.75 Å². The summed E-state index contributed by atoms with van der Waals surface area (Å²) >= 11 is 1.83. The van der Waals surface area contributed by atoms with Crippen LogP contribution in [0.5, 0.6) is 5.75 Å². The lowest BCUT2D eigenvalue weighted by molar-refractivity contribution is 0.263. The second kappa shape index (κ2) is 9.13. The monoisotopic (exact) mass is 560 g/mol. The lowest BCUT2D eigenvalue weighted by Gasteiger charge is -2.27. The Labute approximate surface area is 246 Å². The predicted octanol–water partition coefficient (Wildman–Crippen LogP) is 10.9. The van der Waals surface area contributed by atoms with Crippen molar-refractivity contribution in [2.24, 2.45) is 0 Å². The maximum Gasteiger partial charge on any atom is 0.196 e. The van der Waals surface area contributed by atoms with Gasteiger partial charge in [0.2, 0.25) is 0 Å². The van der Waals surface area contributed by atoms with Gasteiger partial charge in [-0.25, -0.2) is 0 Å². The third kappa shape index (κ3) is 3.54. The zero-order chi connectivity index (χ0) is 27.6.